The molecule has 3 rings (SSSR count). The summed E-state index contributed by atoms with van der Waals surface area (Å²) < 4.78 is 27.5. The van der Waals surface area contributed by atoms with Crippen LogP contribution in [0.4, 0.5) is 10.2 Å². The molecule has 41 heavy (non-hydrogen) atoms. The number of hydrogen-bond donors (Lipinski definition) is 2. The van der Waals surface area contributed by atoms with Gasteiger partial charge in [0.2, 0.25) is 6.23 Å². The smallest absolute Gasteiger partial charge is 0.352 e. The van der Waals surface area contributed by atoms with E-state index in [0.717, 1.165) is 4.57 Å². The first-order chi connectivity index (χ1) is 19.7. The Morgan fingerprint density at radius 2 is 1.90 bits per heavy atom. The highest BCUT2D eigenvalue weighted by molar-refractivity contribution is 7.80. The molecule has 0 aliphatic carbocycles. The lowest BCUT2D eigenvalue weighted by Crippen LogP contribution is -2.41. The quantitative estimate of drug-likeness (QED) is 0.0636. The van der Waals surface area contributed by atoms with Gasteiger partial charge in [-0.25, -0.2) is 18.8 Å². The van der Waals surface area contributed by atoms with Crippen LogP contribution < -0.4 is 11.0 Å². The van der Waals surface area contributed by atoms with Gasteiger partial charge in [0.05, 0.1) is 17.7 Å². The zero-order chi connectivity index (χ0) is 29.8. The van der Waals surface area contributed by atoms with Crippen molar-refractivity contribution in [1.29, 1.82) is 0 Å². The van der Waals surface area contributed by atoms with E-state index in [1.807, 2.05) is 6.92 Å². The lowest BCUT2D eigenvalue weighted by Gasteiger charge is -2.27. The van der Waals surface area contributed by atoms with Crippen molar-refractivity contribution in [3.8, 4) is 0 Å². The van der Waals surface area contributed by atoms with E-state index in [0.29, 0.717) is 10.8 Å². The Balaban J connectivity index is 1.86. The summed E-state index contributed by atoms with van der Waals surface area (Å²) in [4.78, 5) is 49.3. The third-order valence-electron chi connectivity index (χ3n) is 5.56. The number of ether oxygens (including phenoxy) is 2. The van der Waals surface area contributed by atoms with E-state index in [9.17, 15) is 14.4 Å². The minimum Gasteiger partial charge on any atom is -0.462 e. The second kappa shape index (κ2) is 15.5. The molecule has 15 heteroatoms. The lowest BCUT2D eigenvalue weighted by molar-refractivity contribution is -0.103. The van der Waals surface area contributed by atoms with Crippen LogP contribution in [0.5, 0.6) is 0 Å². The number of rotatable bonds is 14. The highest BCUT2D eigenvalue weighted by Gasteiger charge is 2.36. The maximum atomic E-state index is 16.1. The third kappa shape index (κ3) is 9.13. The molecule has 2 aromatic carbocycles. The molecule has 0 amide bonds. The molecule has 3 aromatic rings. The molecular formula is C26H26ClFN6O6S. The summed E-state index contributed by atoms with van der Waals surface area (Å²) in [5.41, 5.74) is 8.13. The van der Waals surface area contributed by atoms with Gasteiger partial charge >= 0.3 is 17.6 Å². The Labute approximate surface area is 244 Å². The van der Waals surface area contributed by atoms with E-state index in [1.165, 1.54) is 36.5 Å². The number of nitrogens with zero attached hydrogens (tertiary/aromatic N) is 5. The van der Waals surface area contributed by atoms with Crippen LogP contribution in [0.25, 0.3) is 10.4 Å². The number of halogens is 2. The Hall–Kier alpha value is -4.26. The number of hydrogen-bond acceptors (Lipinski definition) is 10. The molecule has 4 atom stereocenters. The summed E-state index contributed by atoms with van der Waals surface area (Å²) in [7, 11) is 0. The third-order valence-corrected chi connectivity index (χ3v) is 6.34. The second-order valence-electron chi connectivity index (χ2n) is 8.59. The summed E-state index contributed by atoms with van der Waals surface area (Å²) in [6.45, 7) is 1.43. The van der Waals surface area contributed by atoms with E-state index < -0.39 is 36.1 Å². The fourth-order valence-corrected chi connectivity index (χ4v) is 3.81. The highest BCUT2D eigenvalue weighted by Crippen LogP contribution is 2.25. The predicted octanol–water partition coefficient (Wildman–Crippen LogP) is 5.18. The van der Waals surface area contributed by atoms with E-state index in [-0.39, 0.29) is 36.0 Å². The standard InChI is InChI=1S/C26H26ClFN6O6S/c1-16(15-41)30-21-10-12-34(26(37)31-21)23(40-33-32-29)22(28)20(39-25(36)17-6-3-2-4-7-17)11-13-38-24(35)18-8-5-9-19(27)14-18/h2-10,12,14,16,20,22-23,41H,11,13,15H2,1H3,(H,30,31,37)/t16-,20?,22+,23?/m1/s1. The van der Waals surface area contributed by atoms with Gasteiger partial charge < -0.3 is 19.6 Å². The molecule has 0 radical (unpaired) electrons. The first-order valence-electron chi connectivity index (χ1n) is 12.2. The number of esters is 2. The second-order valence-corrected chi connectivity index (χ2v) is 9.39. The maximum absolute atomic E-state index is 16.1. The number of anilines is 1. The minimum absolute atomic E-state index is 0.123. The average molecular weight is 605 g/mol. The Kier molecular flexibility index (Phi) is 11.8. The van der Waals surface area contributed by atoms with Gasteiger partial charge in [-0.1, -0.05) is 35.9 Å². The topological polar surface area (TPSA) is 158 Å². The summed E-state index contributed by atoms with van der Waals surface area (Å²) in [6.07, 6.45) is -4.96. The van der Waals surface area contributed by atoms with Crippen molar-refractivity contribution in [2.75, 3.05) is 17.7 Å². The van der Waals surface area contributed by atoms with Crippen molar-refractivity contribution < 1.29 is 28.3 Å². The fraction of sp³-hybridized carbons (Fsp3) is 0.308. The Morgan fingerprint density at radius 3 is 2.56 bits per heavy atom. The van der Waals surface area contributed by atoms with Gasteiger partial charge in [-0.2, -0.15) is 17.6 Å². The number of alkyl halides is 1. The van der Waals surface area contributed by atoms with Crippen molar-refractivity contribution in [2.45, 2.75) is 37.9 Å². The molecule has 0 aliphatic rings. The van der Waals surface area contributed by atoms with Crippen LogP contribution in [0.15, 0.2) is 76.9 Å². The van der Waals surface area contributed by atoms with E-state index >= 15 is 4.39 Å². The van der Waals surface area contributed by atoms with Crippen molar-refractivity contribution >= 4 is 42.0 Å². The Morgan fingerprint density at radius 1 is 1.17 bits per heavy atom. The molecule has 2 unspecified atom stereocenters. The number of azide groups is 1. The van der Waals surface area contributed by atoms with Gasteiger partial charge in [-0.15, -0.1) is 0 Å². The molecule has 1 heterocycles. The Bertz CT molecular complexity index is 1440. The number of carbonyl (C=O) groups excluding carboxylic acids is 2. The van der Waals surface area contributed by atoms with E-state index in [2.05, 4.69) is 33.1 Å². The SMILES string of the molecule is C[C@H](CS)Nc1ccn(C(ON=[N+]=[N-])[C@@H](F)C(CCOC(=O)c2cccc(Cl)c2)OC(=O)c2ccccc2)c(=O)n1. The zero-order valence-corrected chi connectivity index (χ0v) is 23.3. The lowest BCUT2D eigenvalue weighted by atomic mass is 10.1. The van der Waals surface area contributed by atoms with Crippen molar-refractivity contribution in [3.63, 3.8) is 0 Å². The molecule has 0 bridgehead atoms. The first kappa shape index (κ1) is 31.3. The summed E-state index contributed by atoms with van der Waals surface area (Å²) in [5.74, 6) is -0.966. The predicted molar refractivity (Wildman–Crippen MR) is 152 cm³/mol. The van der Waals surface area contributed by atoms with Crippen molar-refractivity contribution in [2.24, 2.45) is 5.28 Å². The minimum atomic E-state index is -2.28. The molecule has 0 saturated carbocycles. The van der Waals surface area contributed by atoms with Crippen LogP contribution in [0.3, 0.4) is 0 Å². The van der Waals surface area contributed by atoms with Gasteiger partial charge in [0.25, 0.3) is 0 Å². The van der Waals surface area contributed by atoms with Gasteiger partial charge in [0.1, 0.15) is 17.2 Å². The largest absolute Gasteiger partial charge is 0.462 e. The monoisotopic (exact) mass is 604 g/mol. The molecule has 12 nitrogen and oxygen atoms in total. The van der Waals surface area contributed by atoms with Gasteiger partial charge in [0, 0.05) is 34.3 Å². The van der Waals surface area contributed by atoms with Crippen LogP contribution in [0.2, 0.25) is 5.02 Å². The average Bonchev–Trinajstić information content (AvgIpc) is 2.97. The number of aromatic nitrogens is 2. The summed E-state index contributed by atoms with van der Waals surface area (Å²) >= 11 is 10.1. The molecule has 0 spiro atoms. The molecule has 216 valence electrons. The van der Waals surface area contributed by atoms with Gasteiger partial charge in [-0.3, -0.25) is 4.57 Å². The van der Waals surface area contributed by atoms with Crippen molar-refractivity contribution in [1.82, 2.24) is 9.55 Å². The molecule has 0 aliphatic heterocycles. The van der Waals surface area contributed by atoms with Crippen LogP contribution in [-0.2, 0) is 14.3 Å². The van der Waals surface area contributed by atoms with Gasteiger partial charge in [-0.05, 0) is 48.9 Å². The maximum Gasteiger partial charge on any atom is 0.352 e. The number of thiol groups is 1. The molecular weight excluding hydrogens is 579 g/mol. The normalized spacial score (nSPS) is 13.6. The number of nitrogens with one attached hydrogen (secondary N) is 1. The molecule has 1 N–H and O–H groups in total. The summed E-state index contributed by atoms with van der Waals surface area (Å²) in [5, 5.41) is 6.23. The highest BCUT2D eigenvalue weighted by atomic mass is 35.5. The zero-order valence-electron chi connectivity index (χ0n) is 21.7. The van der Waals surface area contributed by atoms with Gasteiger partial charge in [0.15, 0.2) is 6.17 Å². The molecule has 0 saturated heterocycles. The van der Waals surface area contributed by atoms with E-state index in [1.54, 1.807) is 30.3 Å². The van der Waals surface area contributed by atoms with Crippen LogP contribution >= 0.6 is 24.2 Å². The summed E-state index contributed by atoms with van der Waals surface area (Å²) in [6, 6.07) is 15.1. The van der Waals surface area contributed by atoms with E-state index in [4.69, 9.17) is 31.4 Å². The molecule has 0 fully saturated rings. The van der Waals surface area contributed by atoms with Crippen molar-refractivity contribution in [3.05, 3.63) is 104 Å². The number of carbonyl (C=O) groups is 2. The van der Waals surface area contributed by atoms with Crippen LogP contribution in [-0.4, -0.2) is 52.2 Å². The van der Waals surface area contributed by atoms with Crippen LogP contribution in [0.1, 0.15) is 40.3 Å². The van der Waals surface area contributed by atoms with Crippen LogP contribution in [0, 0.1) is 0 Å². The fourth-order valence-electron chi connectivity index (χ4n) is 3.53. The first-order valence-corrected chi connectivity index (χ1v) is 13.2. The molecule has 1 aromatic heterocycles. The number of benzene rings is 2.